The van der Waals surface area contributed by atoms with Crippen LogP contribution in [0.25, 0.3) is 0 Å². The van der Waals surface area contributed by atoms with Crippen LogP contribution in [0.3, 0.4) is 0 Å². The molecule has 0 unspecified atom stereocenters. The lowest BCUT2D eigenvalue weighted by molar-refractivity contribution is 0.435. The Kier molecular flexibility index (Phi) is 0.927. The summed E-state index contributed by atoms with van der Waals surface area (Å²) in [6, 6.07) is 0. The third-order valence-corrected chi connectivity index (χ3v) is 1.41. The van der Waals surface area contributed by atoms with Crippen molar-refractivity contribution in [3.05, 3.63) is 11.1 Å². The fourth-order valence-corrected chi connectivity index (χ4v) is 1.47. The normalized spacial score (nSPS) is 25.9. The first-order chi connectivity index (χ1) is 3.10. The smallest absolute Gasteiger partial charge is 0.0155 e. The Morgan fingerprint density at radius 2 is 2.14 bits per heavy atom. The van der Waals surface area contributed by atoms with Gasteiger partial charge >= 0.3 is 0 Å². The van der Waals surface area contributed by atoms with Crippen LogP contribution in [0, 0.1) is 5.41 Å². The molecule has 0 amide bonds. The van der Waals surface area contributed by atoms with E-state index in [0.717, 1.165) is 11.5 Å². The average molecular weight is 117 g/mol. The molecule has 0 aromatic carbocycles. The second kappa shape index (κ2) is 1.25. The van der Waals surface area contributed by atoms with Gasteiger partial charge in [-0.3, -0.25) is 0 Å². The largest absolute Gasteiger partial charge is 0.0894 e. The summed E-state index contributed by atoms with van der Waals surface area (Å²) in [5, 5.41) is 1.02. The van der Waals surface area contributed by atoms with Crippen LogP contribution in [0.15, 0.2) is 11.1 Å². The van der Waals surface area contributed by atoms with Crippen molar-refractivity contribution in [2.75, 3.05) is 0 Å². The second-order valence-electron chi connectivity index (χ2n) is 2.76. The average Bonchev–Trinajstić information content (AvgIpc) is 1.27. The highest BCUT2D eigenvalue weighted by atomic mass is 35.5. The van der Waals surface area contributed by atoms with E-state index in [1.807, 2.05) is 0 Å². The van der Waals surface area contributed by atoms with Crippen molar-refractivity contribution in [2.24, 2.45) is 5.41 Å². The maximum atomic E-state index is 5.59. The van der Waals surface area contributed by atoms with E-state index in [0.29, 0.717) is 5.41 Å². The lowest BCUT2D eigenvalue weighted by Gasteiger charge is -2.28. The number of allylic oxidation sites excluding steroid dienone is 2. The maximum Gasteiger partial charge on any atom is 0.0155 e. The lowest BCUT2D eigenvalue weighted by atomic mass is 9.80. The van der Waals surface area contributed by atoms with E-state index in [2.05, 4.69) is 19.9 Å². The number of hydrogen-bond donors (Lipinski definition) is 0. The molecule has 7 heavy (non-hydrogen) atoms. The fraction of sp³-hybridized carbons (Fsp3) is 0.667. The maximum absolute atomic E-state index is 5.59. The Hall–Kier alpha value is 0.0300. The number of hydrogen-bond acceptors (Lipinski definition) is 0. The van der Waals surface area contributed by atoms with E-state index >= 15 is 0 Å². The Labute approximate surface area is 49.2 Å². The van der Waals surface area contributed by atoms with Crippen LogP contribution >= 0.6 is 11.6 Å². The van der Waals surface area contributed by atoms with Crippen molar-refractivity contribution in [2.45, 2.75) is 20.3 Å². The first-order valence-electron chi connectivity index (χ1n) is 2.47. The van der Waals surface area contributed by atoms with Crippen LogP contribution in [0.5, 0.6) is 0 Å². The van der Waals surface area contributed by atoms with Crippen molar-refractivity contribution < 1.29 is 0 Å². The van der Waals surface area contributed by atoms with Crippen molar-refractivity contribution in [3.63, 3.8) is 0 Å². The van der Waals surface area contributed by atoms with Crippen molar-refractivity contribution >= 4 is 11.6 Å². The van der Waals surface area contributed by atoms with E-state index in [1.165, 1.54) is 0 Å². The molecule has 0 atom stereocenters. The van der Waals surface area contributed by atoms with Gasteiger partial charge in [0.2, 0.25) is 0 Å². The van der Waals surface area contributed by atoms with Gasteiger partial charge in [0.05, 0.1) is 0 Å². The van der Waals surface area contributed by atoms with Gasteiger partial charge in [-0.15, -0.1) is 0 Å². The van der Waals surface area contributed by atoms with Gasteiger partial charge in [-0.25, -0.2) is 0 Å². The molecule has 1 aliphatic carbocycles. The van der Waals surface area contributed by atoms with Crippen LogP contribution in [0.2, 0.25) is 0 Å². The standard InChI is InChI=1S/C6H9Cl/c1-6(2)3-5(7)4-6/h3H,4H2,1-2H3. The molecule has 0 fully saturated rings. The zero-order chi connectivity index (χ0) is 5.49. The molecule has 0 nitrogen and oxygen atoms in total. The van der Waals surface area contributed by atoms with Gasteiger partial charge in [-0.1, -0.05) is 31.5 Å². The molecule has 1 heteroatoms. The van der Waals surface area contributed by atoms with Gasteiger partial charge in [-0.05, 0) is 11.8 Å². The molecule has 0 saturated carbocycles. The summed E-state index contributed by atoms with van der Waals surface area (Å²) in [7, 11) is 0. The first-order valence-corrected chi connectivity index (χ1v) is 2.85. The third-order valence-electron chi connectivity index (χ3n) is 1.17. The molecule has 0 aromatic rings. The molecule has 0 aromatic heterocycles. The second-order valence-corrected chi connectivity index (χ2v) is 3.24. The Morgan fingerprint density at radius 1 is 1.71 bits per heavy atom. The molecule has 1 aliphatic rings. The molecule has 0 heterocycles. The summed E-state index contributed by atoms with van der Waals surface area (Å²) < 4.78 is 0. The highest BCUT2D eigenvalue weighted by Gasteiger charge is 2.24. The summed E-state index contributed by atoms with van der Waals surface area (Å²) in [6.45, 7) is 4.36. The van der Waals surface area contributed by atoms with Crippen LogP contribution in [-0.2, 0) is 0 Å². The molecule has 0 N–H and O–H groups in total. The molecule has 0 radical (unpaired) electrons. The topological polar surface area (TPSA) is 0 Å². The zero-order valence-corrected chi connectivity index (χ0v) is 5.42. The van der Waals surface area contributed by atoms with Crippen molar-refractivity contribution in [1.82, 2.24) is 0 Å². The molecule has 0 spiro atoms. The Balaban J connectivity index is 2.60. The van der Waals surface area contributed by atoms with Gasteiger partial charge < -0.3 is 0 Å². The summed E-state index contributed by atoms with van der Waals surface area (Å²) in [4.78, 5) is 0. The predicted octanol–water partition coefficient (Wildman–Crippen LogP) is 2.54. The van der Waals surface area contributed by atoms with E-state index in [-0.39, 0.29) is 0 Å². The van der Waals surface area contributed by atoms with Gasteiger partial charge in [0, 0.05) is 5.03 Å². The summed E-state index contributed by atoms with van der Waals surface area (Å²) in [5.41, 5.74) is 0.400. The first kappa shape index (κ1) is 5.17. The molecule has 0 aliphatic heterocycles. The van der Waals surface area contributed by atoms with E-state index in [9.17, 15) is 0 Å². The Morgan fingerprint density at radius 3 is 2.14 bits per heavy atom. The fourth-order valence-electron chi connectivity index (χ4n) is 0.830. The van der Waals surface area contributed by atoms with Gasteiger partial charge in [0.25, 0.3) is 0 Å². The minimum atomic E-state index is 0.400. The van der Waals surface area contributed by atoms with Gasteiger partial charge in [0.1, 0.15) is 0 Å². The number of rotatable bonds is 0. The lowest BCUT2D eigenvalue weighted by Crippen LogP contribution is -2.15. The summed E-state index contributed by atoms with van der Waals surface area (Å²) in [6.07, 6.45) is 3.16. The predicted molar refractivity (Wildman–Crippen MR) is 32.3 cm³/mol. The molecule has 40 valence electrons. The van der Waals surface area contributed by atoms with Crippen molar-refractivity contribution in [1.29, 1.82) is 0 Å². The van der Waals surface area contributed by atoms with Crippen LogP contribution < -0.4 is 0 Å². The summed E-state index contributed by atoms with van der Waals surface area (Å²) >= 11 is 5.59. The third kappa shape index (κ3) is 0.973. The van der Waals surface area contributed by atoms with Gasteiger partial charge in [-0.2, -0.15) is 0 Å². The van der Waals surface area contributed by atoms with Gasteiger partial charge in [0.15, 0.2) is 0 Å². The molecular formula is C6H9Cl. The highest BCUT2D eigenvalue weighted by Crippen LogP contribution is 2.39. The van der Waals surface area contributed by atoms with E-state index < -0.39 is 0 Å². The molecule has 0 bridgehead atoms. The highest BCUT2D eigenvalue weighted by molar-refractivity contribution is 6.30. The van der Waals surface area contributed by atoms with Crippen LogP contribution in [0.1, 0.15) is 20.3 Å². The molecule has 0 saturated heterocycles. The zero-order valence-electron chi connectivity index (χ0n) is 4.66. The monoisotopic (exact) mass is 116 g/mol. The summed E-state index contributed by atoms with van der Waals surface area (Å²) in [5.74, 6) is 0. The van der Waals surface area contributed by atoms with Crippen molar-refractivity contribution in [3.8, 4) is 0 Å². The van der Waals surface area contributed by atoms with Crippen LogP contribution in [0.4, 0.5) is 0 Å². The van der Waals surface area contributed by atoms with E-state index in [4.69, 9.17) is 11.6 Å². The SMILES string of the molecule is CC1(C)C=C(Cl)C1. The minimum Gasteiger partial charge on any atom is -0.0894 e. The number of halogens is 1. The Bertz CT molecular complexity index is 111. The molecule has 1 rings (SSSR count). The van der Waals surface area contributed by atoms with E-state index in [1.54, 1.807) is 0 Å². The quantitative estimate of drug-likeness (QED) is 0.456. The minimum absolute atomic E-state index is 0.400. The van der Waals surface area contributed by atoms with Crippen LogP contribution in [-0.4, -0.2) is 0 Å². The molecular weight excluding hydrogens is 108 g/mol.